The molecule has 0 aliphatic carbocycles. The SMILES string of the molecule is Fc1c(Cl)cc(Cl)cc1-c1ccn[nH]1. The van der Waals surface area contributed by atoms with Crippen LogP contribution in [0.2, 0.25) is 10.0 Å². The lowest BCUT2D eigenvalue weighted by Gasteiger charge is -2.02. The van der Waals surface area contributed by atoms with Crippen LogP contribution in [0.15, 0.2) is 24.4 Å². The molecule has 0 spiro atoms. The third kappa shape index (κ3) is 1.61. The van der Waals surface area contributed by atoms with Gasteiger partial charge < -0.3 is 0 Å². The first-order chi connectivity index (χ1) is 6.68. The highest BCUT2D eigenvalue weighted by Gasteiger charge is 2.11. The molecule has 14 heavy (non-hydrogen) atoms. The standard InChI is InChI=1S/C9H5Cl2FN2/c10-5-3-6(8-1-2-13-14-8)9(12)7(11)4-5/h1-4H,(H,13,14). The monoisotopic (exact) mass is 230 g/mol. The molecule has 0 fully saturated rings. The molecule has 72 valence electrons. The van der Waals surface area contributed by atoms with E-state index in [1.54, 1.807) is 6.07 Å². The van der Waals surface area contributed by atoms with Gasteiger partial charge in [0.2, 0.25) is 0 Å². The topological polar surface area (TPSA) is 28.7 Å². The van der Waals surface area contributed by atoms with Crippen molar-refractivity contribution in [1.29, 1.82) is 0 Å². The number of H-pyrrole nitrogens is 1. The van der Waals surface area contributed by atoms with Crippen LogP contribution >= 0.6 is 23.2 Å². The van der Waals surface area contributed by atoms with Crippen molar-refractivity contribution in [3.05, 3.63) is 40.3 Å². The highest BCUT2D eigenvalue weighted by molar-refractivity contribution is 6.35. The van der Waals surface area contributed by atoms with Gasteiger partial charge in [0.25, 0.3) is 0 Å². The van der Waals surface area contributed by atoms with Crippen molar-refractivity contribution >= 4 is 23.2 Å². The Balaban J connectivity index is 2.64. The highest BCUT2D eigenvalue weighted by atomic mass is 35.5. The molecule has 0 saturated heterocycles. The van der Waals surface area contributed by atoms with E-state index in [9.17, 15) is 4.39 Å². The molecular formula is C9H5Cl2FN2. The molecule has 0 unspecified atom stereocenters. The van der Waals surface area contributed by atoms with Gasteiger partial charge in [-0.15, -0.1) is 0 Å². The summed E-state index contributed by atoms with van der Waals surface area (Å²) < 4.78 is 13.5. The molecule has 0 aliphatic rings. The highest BCUT2D eigenvalue weighted by Crippen LogP contribution is 2.29. The summed E-state index contributed by atoms with van der Waals surface area (Å²) in [4.78, 5) is 0. The maximum atomic E-state index is 13.5. The Labute approximate surface area is 89.7 Å². The molecule has 5 heteroatoms. The first-order valence-electron chi connectivity index (χ1n) is 3.83. The fourth-order valence-electron chi connectivity index (χ4n) is 1.16. The Kier molecular flexibility index (Phi) is 2.44. The van der Waals surface area contributed by atoms with Crippen molar-refractivity contribution in [1.82, 2.24) is 10.2 Å². The number of aromatic nitrogens is 2. The second-order valence-electron chi connectivity index (χ2n) is 2.72. The Morgan fingerprint density at radius 3 is 2.71 bits per heavy atom. The second kappa shape index (κ2) is 3.59. The van der Waals surface area contributed by atoms with Crippen molar-refractivity contribution in [2.45, 2.75) is 0 Å². The predicted octanol–water partition coefficient (Wildman–Crippen LogP) is 3.52. The molecule has 1 aromatic carbocycles. The zero-order chi connectivity index (χ0) is 10.1. The number of nitrogens with one attached hydrogen (secondary N) is 1. The molecule has 2 aromatic rings. The third-order valence-corrected chi connectivity index (χ3v) is 2.28. The summed E-state index contributed by atoms with van der Waals surface area (Å²) in [7, 11) is 0. The van der Waals surface area contributed by atoms with Crippen LogP contribution in [0.4, 0.5) is 4.39 Å². The number of hydrogen-bond acceptors (Lipinski definition) is 1. The van der Waals surface area contributed by atoms with E-state index in [1.165, 1.54) is 18.3 Å². The molecule has 0 amide bonds. The van der Waals surface area contributed by atoms with E-state index >= 15 is 0 Å². The zero-order valence-corrected chi connectivity index (χ0v) is 8.40. The van der Waals surface area contributed by atoms with Crippen LogP contribution in [-0.2, 0) is 0 Å². The number of halogens is 3. The van der Waals surface area contributed by atoms with Crippen LogP contribution in [0.25, 0.3) is 11.3 Å². The third-order valence-electron chi connectivity index (χ3n) is 1.78. The fraction of sp³-hybridized carbons (Fsp3) is 0. The Morgan fingerprint density at radius 1 is 1.29 bits per heavy atom. The molecule has 0 bridgehead atoms. The summed E-state index contributed by atoms with van der Waals surface area (Å²) in [6.45, 7) is 0. The number of rotatable bonds is 1. The van der Waals surface area contributed by atoms with Gasteiger partial charge in [0.1, 0.15) is 0 Å². The van der Waals surface area contributed by atoms with Crippen LogP contribution in [0, 0.1) is 5.82 Å². The molecule has 0 aliphatic heterocycles. The fourth-order valence-corrected chi connectivity index (χ4v) is 1.65. The van der Waals surface area contributed by atoms with Gasteiger partial charge in [-0.3, -0.25) is 5.10 Å². The minimum absolute atomic E-state index is 0.00194. The lowest BCUT2D eigenvalue weighted by atomic mass is 10.1. The quantitative estimate of drug-likeness (QED) is 0.747. The van der Waals surface area contributed by atoms with E-state index in [2.05, 4.69) is 10.2 Å². The van der Waals surface area contributed by atoms with Crippen molar-refractivity contribution in [3.63, 3.8) is 0 Å². The summed E-state index contributed by atoms with van der Waals surface area (Å²) in [5, 5.41) is 6.75. The number of aromatic amines is 1. The average Bonchev–Trinajstić information content (AvgIpc) is 2.63. The lowest BCUT2D eigenvalue weighted by molar-refractivity contribution is 0.631. The molecular weight excluding hydrogens is 226 g/mol. The first-order valence-corrected chi connectivity index (χ1v) is 4.58. The van der Waals surface area contributed by atoms with E-state index in [0.29, 0.717) is 16.3 Å². The lowest BCUT2D eigenvalue weighted by Crippen LogP contribution is -1.86. The predicted molar refractivity (Wildman–Crippen MR) is 54.0 cm³/mol. The van der Waals surface area contributed by atoms with E-state index in [0.717, 1.165) is 0 Å². The second-order valence-corrected chi connectivity index (χ2v) is 3.56. The van der Waals surface area contributed by atoms with Crippen molar-refractivity contribution in [2.75, 3.05) is 0 Å². The molecule has 2 nitrogen and oxygen atoms in total. The summed E-state index contributed by atoms with van der Waals surface area (Å²) in [5.74, 6) is -0.500. The summed E-state index contributed by atoms with van der Waals surface area (Å²) >= 11 is 11.4. The normalized spacial score (nSPS) is 10.5. The smallest absolute Gasteiger partial charge is 0.151 e. The maximum Gasteiger partial charge on any atom is 0.151 e. The van der Waals surface area contributed by atoms with E-state index in [4.69, 9.17) is 23.2 Å². The van der Waals surface area contributed by atoms with Crippen LogP contribution in [-0.4, -0.2) is 10.2 Å². The number of benzene rings is 1. The van der Waals surface area contributed by atoms with Crippen molar-refractivity contribution < 1.29 is 4.39 Å². The van der Waals surface area contributed by atoms with Gasteiger partial charge in [-0.05, 0) is 18.2 Å². The van der Waals surface area contributed by atoms with E-state index in [-0.39, 0.29) is 5.02 Å². The van der Waals surface area contributed by atoms with Crippen molar-refractivity contribution in [2.24, 2.45) is 0 Å². The first kappa shape index (κ1) is 9.49. The van der Waals surface area contributed by atoms with Gasteiger partial charge in [-0.25, -0.2) is 4.39 Å². The summed E-state index contributed by atoms with van der Waals surface area (Å²) in [5.41, 5.74) is 0.868. The van der Waals surface area contributed by atoms with Crippen LogP contribution in [0.5, 0.6) is 0 Å². The van der Waals surface area contributed by atoms with Gasteiger partial charge >= 0.3 is 0 Å². The van der Waals surface area contributed by atoms with Crippen molar-refractivity contribution in [3.8, 4) is 11.3 Å². The summed E-state index contributed by atoms with van der Waals surface area (Å²) in [6.07, 6.45) is 1.53. The van der Waals surface area contributed by atoms with Crippen LogP contribution in [0.3, 0.4) is 0 Å². The minimum atomic E-state index is -0.500. The molecule has 2 rings (SSSR count). The molecule has 1 N–H and O–H groups in total. The maximum absolute atomic E-state index is 13.5. The van der Waals surface area contributed by atoms with E-state index in [1.807, 2.05) is 0 Å². The zero-order valence-electron chi connectivity index (χ0n) is 6.89. The van der Waals surface area contributed by atoms with Gasteiger partial charge in [0.15, 0.2) is 5.82 Å². The average molecular weight is 231 g/mol. The Morgan fingerprint density at radius 2 is 2.07 bits per heavy atom. The van der Waals surface area contributed by atoms with Gasteiger partial charge in [-0.1, -0.05) is 23.2 Å². The Bertz CT molecular complexity index is 454. The summed E-state index contributed by atoms with van der Waals surface area (Å²) in [6, 6.07) is 4.50. The van der Waals surface area contributed by atoms with Crippen LogP contribution < -0.4 is 0 Å². The van der Waals surface area contributed by atoms with Gasteiger partial charge in [0, 0.05) is 16.8 Å². The van der Waals surface area contributed by atoms with E-state index < -0.39 is 5.82 Å². The van der Waals surface area contributed by atoms with Crippen LogP contribution in [0.1, 0.15) is 0 Å². The number of nitrogens with zero attached hydrogens (tertiary/aromatic N) is 1. The Hall–Kier alpha value is -1.06. The molecule has 0 atom stereocenters. The molecule has 0 saturated carbocycles. The molecule has 0 radical (unpaired) electrons. The minimum Gasteiger partial charge on any atom is -0.278 e. The van der Waals surface area contributed by atoms with Gasteiger partial charge in [0.05, 0.1) is 10.7 Å². The largest absolute Gasteiger partial charge is 0.278 e. The van der Waals surface area contributed by atoms with Gasteiger partial charge in [-0.2, -0.15) is 5.10 Å². The molecule has 1 aromatic heterocycles. The molecule has 1 heterocycles. The number of hydrogen-bond donors (Lipinski definition) is 1.